The Bertz CT molecular complexity index is 1000. The van der Waals surface area contributed by atoms with Gasteiger partial charge in [0.15, 0.2) is 0 Å². The topological polar surface area (TPSA) is 66.5 Å². The average Bonchev–Trinajstić information content (AvgIpc) is 2.61. The number of aryl methyl sites for hydroxylation is 2. The lowest BCUT2D eigenvalue weighted by molar-refractivity contribution is -0.137. The summed E-state index contributed by atoms with van der Waals surface area (Å²) in [7, 11) is -4.04. The van der Waals surface area contributed by atoms with Crippen molar-refractivity contribution >= 4 is 27.3 Å². The van der Waals surface area contributed by atoms with Crippen LogP contribution in [0.3, 0.4) is 0 Å². The molecule has 9 heteroatoms. The minimum absolute atomic E-state index is 0.231. The quantitative estimate of drug-likeness (QED) is 0.743. The average molecular weight is 428 g/mol. The van der Waals surface area contributed by atoms with Crippen molar-refractivity contribution in [3.8, 4) is 0 Å². The van der Waals surface area contributed by atoms with Gasteiger partial charge in [-0.05, 0) is 49.6 Å². The number of alkyl halides is 3. The molecule has 0 saturated carbocycles. The summed E-state index contributed by atoms with van der Waals surface area (Å²) < 4.78 is 64.6. The monoisotopic (exact) mass is 428 g/mol. The molecule has 158 valence electrons. The molecule has 5 nitrogen and oxygen atoms in total. The highest BCUT2D eigenvalue weighted by Gasteiger charge is 2.34. The van der Waals surface area contributed by atoms with Crippen molar-refractivity contribution in [3.05, 3.63) is 59.2 Å². The molecule has 1 N–H and O–H groups in total. The maximum absolute atomic E-state index is 13.1. The number of hydrogen-bond donors (Lipinski definition) is 1. The van der Waals surface area contributed by atoms with Crippen molar-refractivity contribution in [3.63, 3.8) is 0 Å². The smallest absolute Gasteiger partial charge is 0.324 e. The Morgan fingerprint density at radius 2 is 1.79 bits per heavy atom. The van der Waals surface area contributed by atoms with Gasteiger partial charge in [-0.25, -0.2) is 8.42 Å². The molecular formula is C20H23F3N2O3S. The minimum Gasteiger partial charge on any atom is -0.324 e. The second-order valence-corrected chi connectivity index (χ2v) is 8.59. The lowest BCUT2D eigenvalue weighted by atomic mass is 10.1. The zero-order chi connectivity index (χ0) is 22.0. The Balaban J connectivity index is 2.43. The minimum atomic E-state index is -4.64. The van der Waals surface area contributed by atoms with Gasteiger partial charge in [0.25, 0.3) is 0 Å². The first-order chi connectivity index (χ1) is 13.4. The lowest BCUT2D eigenvalue weighted by Crippen LogP contribution is -2.45. The second kappa shape index (κ2) is 8.44. The lowest BCUT2D eigenvalue weighted by Gasteiger charge is -2.29. The van der Waals surface area contributed by atoms with Crippen molar-refractivity contribution in [2.24, 2.45) is 0 Å². The molecule has 0 aliphatic rings. The predicted molar refractivity (Wildman–Crippen MR) is 107 cm³/mol. The fourth-order valence-electron chi connectivity index (χ4n) is 3.06. The van der Waals surface area contributed by atoms with E-state index in [4.69, 9.17) is 0 Å². The molecule has 1 atom stereocenters. The number of halogens is 3. The number of amides is 1. The number of para-hydroxylation sites is 1. The molecule has 2 aromatic rings. The fraction of sp³-hybridized carbons (Fsp3) is 0.350. The van der Waals surface area contributed by atoms with Crippen molar-refractivity contribution in [1.82, 2.24) is 0 Å². The van der Waals surface area contributed by atoms with E-state index in [1.165, 1.54) is 13.0 Å². The van der Waals surface area contributed by atoms with E-state index >= 15 is 0 Å². The number of anilines is 2. The molecule has 0 bridgehead atoms. The molecule has 0 radical (unpaired) electrons. The van der Waals surface area contributed by atoms with E-state index in [2.05, 4.69) is 5.32 Å². The molecule has 2 rings (SSSR count). The van der Waals surface area contributed by atoms with Gasteiger partial charge in [0.05, 0.1) is 17.5 Å². The van der Waals surface area contributed by atoms with Crippen LogP contribution in [0.4, 0.5) is 24.5 Å². The summed E-state index contributed by atoms with van der Waals surface area (Å²) in [4.78, 5) is 12.8. The molecule has 0 spiro atoms. The van der Waals surface area contributed by atoms with Crippen LogP contribution in [0.15, 0.2) is 42.5 Å². The summed E-state index contributed by atoms with van der Waals surface area (Å²) in [5.41, 5.74) is 1.02. The maximum atomic E-state index is 13.1. The first-order valence-corrected chi connectivity index (χ1v) is 10.8. The van der Waals surface area contributed by atoms with Gasteiger partial charge < -0.3 is 5.32 Å². The number of rotatable bonds is 6. The first-order valence-electron chi connectivity index (χ1n) is 8.92. The summed E-state index contributed by atoms with van der Waals surface area (Å²) in [5, 5.41) is 2.73. The third-order valence-corrected chi connectivity index (χ3v) is 5.75. The van der Waals surface area contributed by atoms with Crippen LogP contribution in [0, 0.1) is 6.92 Å². The van der Waals surface area contributed by atoms with Gasteiger partial charge in [-0.15, -0.1) is 0 Å². The van der Waals surface area contributed by atoms with Gasteiger partial charge in [0.1, 0.15) is 6.04 Å². The Kier molecular flexibility index (Phi) is 6.62. The number of carbonyl (C=O) groups is 1. The van der Waals surface area contributed by atoms with E-state index < -0.39 is 33.7 Å². The molecular weight excluding hydrogens is 405 g/mol. The summed E-state index contributed by atoms with van der Waals surface area (Å²) in [6, 6.07) is 8.13. The number of benzene rings is 2. The van der Waals surface area contributed by atoms with Crippen molar-refractivity contribution in [2.45, 2.75) is 39.4 Å². The Labute approximate surface area is 168 Å². The van der Waals surface area contributed by atoms with Crippen LogP contribution in [-0.2, 0) is 27.4 Å². The van der Waals surface area contributed by atoms with Gasteiger partial charge in [-0.2, -0.15) is 13.2 Å². The molecule has 29 heavy (non-hydrogen) atoms. The fourth-order valence-corrected chi connectivity index (χ4v) is 4.22. The number of carbonyl (C=O) groups excluding carboxylic acids is 1. The van der Waals surface area contributed by atoms with Crippen LogP contribution in [0.1, 0.15) is 30.5 Å². The van der Waals surface area contributed by atoms with Gasteiger partial charge in [0, 0.05) is 5.69 Å². The molecule has 0 aliphatic heterocycles. The molecule has 0 aliphatic carbocycles. The zero-order valence-electron chi connectivity index (χ0n) is 16.5. The molecule has 0 fully saturated rings. The second-order valence-electron chi connectivity index (χ2n) is 6.73. The van der Waals surface area contributed by atoms with Gasteiger partial charge in [-0.1, -0.05) is 31.2 Å². The highest BCUT2D eigenvalue weighted by atomic mass is 32.2. The standard InChI is InChI=1S/C20H23F3N2O3S/c1-5-15-9-6-8-13(2)18(15)24-19(26)14(3)25(29(4,27)28)17-11-7-10-16(12-17)20(21,22)23/h6-12,14H,5H2,1-4H3,(H,24,26)/t14-/m0/s1. The summed E-state index contributed by atoms with van der Waals surface area (Å²) in [5.74, 6) is -0.642. The molecule has 1 amide bonds. The van der Waals surface area contributed by atoms with Gasteiger partial charge >= 0.3 is 6.18 Å². The van der Waals surface area contributed by atoms with Crippen LogP contribution < -0.4 is 9.62 Å². The molecule has 0 unspecified atom stereocenters. The first kappa shape index (κ1) is 22.7. The predicted octanol–water partition coefficient (Wildman–Crippen LogP) is 4.37. The Morgan fingerprint density at radius 1 is 1.17 bits per heavy atom. The number of sulfonamides is 1. The zero-order valence-corrected chi connectivity index (χ0v) is 17.4. The van der Waals surface area contributed by atoms with E-state index in [1.54, 1.807) is 13.0 Å². The SMILES string of the molecule is CCc1cccc(C)c1NC(=O)[C@H](C)N(c1cccc(C(F)(F)F)c1)S(C)(=O)=O. The highest BCUT2D eigenvalue weighted by molar-refractivity contribution is 7.92. The van der Waals surface area contributed by atoms with Crippen molar-refractivity contribution in [1.29, 1.82) is 0 Å². The third kappa shape index (κ3) is 5.29. The van der Waals surface area contributed by atoms with Crippen molar-refractivity contribution < 1.29 is 26.4 Å². The van der Waals surface area contributed by atoms with E-state index in [1.807, 2.05) is 19.1 Å². The van der Waals surface area contributed by atoms with Crippen LogP contribution in [0.25, 0.3) is 0 Å². The van der Waals surface area contributed by atoms with Crippen LogP contribution >= 0.6 is 0 Å². The molecule has 0 heterocycles. The van der Waals surface area contributed by atoms with E-state index in [-0.39, 0.29) is 5.69 Å². The third-order valence-electron chi connectivity index (χ3n) is 4.50. The van der Waals surface area contributed by atoms with Gasteiger partial charge in [0.2, 0.25) is 15.9 Å². The highest BCUT2D eigenvalue weighted by Crippen LogP contribution is 2.33. The molecule has 0 aromatic heterocycles. The van der Waals surface area contributed by atoms with E-state index in [0.29, 0.717) is 16.4 Å². The normalized spacial score (nSPS) is 13.1. The Morgan fingerprint density at radius 3 is 2.34 bits per heavy atom. The Hall–Kier alpha value is -2.55. The number of nitrogens with zero attached hydrogens (tertiary/aromatic N) is 1. The van der Waals surface area contributed by atoms with E-state index in [9.17, 15) is 26.4 Å². The molecule has 2 aromatic carbocycles. The summed E-state index contributed by atoms with van der Waals surface area (Å²) in [6.45, 7) is 5.06. The molecule has 0 saturated heterocycles. The summed E-state index contributed by atoms with van der Waals surface area (Å²) >= 11 is 0. The summed E-state index contributed by atoms with van der Waals surface area (Å²) in [6.07, 6.45) is -3.14. The number of nitrogens with one attached hydrogen (secondary N) is 1. The van der Waals surface area contributed by atoms with Gasteiger partial charge in [-0.3, -0.25) is 9.10 Å². The maximum Gasteiger partial charge on any atom is 0.416 e. The van der Waals surface area contributed by atoms with Crippen LogP contribution in [0.2, 0.25) is 0 Å². The van der Waals surface area contributed by atoms with Crippen molar-refractivity contribution in [2.75, 3.05) is 15.9 Å². The van der Waals surface area contributed by atoms with Crippen LogP contribution in [-0.4, -0.2) is 26.6 Å². The largest absolute Gasteiger partial charge is 0.416 e. The number of hydrogen-bond acceptors (Lipinski definition) is 3. The van der Waals surface area contributed by atoms with Crippen LogP contribution in [0.5, 0.6) is 0 Å². The van der Waals surface area contributed by atoms with E-state index in [0.717, 1.165) is 35.6 Å².